The molecular weight excluding hydrogens is 343 g/mol. The number of rotatable bonds is 4. The molecule has 126 valence electrons. The van der Waals surface area contributed by atoms with Crippen molar-refractivity contribution in [1.82, 2.24) is 0 Å². The Hall–Kier alpha value is -2.34. The molecule has 0 aliphatic carbocycles. The standard InChI is InChI=1S/C17H13ClF3NO2/c1-11(23)24-15(12-5-3-2-4-6-12)16(17(19,20)21)22-14-9-7-13(18)8-10-14/h2-10,15H,1H3. The number of aliphatic imine (C=N–C) groups is 1. The fraction of sp³-hybridized carbons (Fsp3) is 0.176. The minimum Gasteiger partial charge on any atom is -0.451 e. The van der Waals surface area contributed by atoms with E-state index < -0.39 is 24.0 Å². The van der Waals surface area contributed by atoms with E-state index in [1.54, 1.807) is 18.2 Å². The van der Waals surface area contributed by atoms with Crippen LogP contribution in [0.25, 0.3) is 0 Å². The molecule has 0 fully saturated rings. The van der Waals surface area contributed by atoms with Crippen LogP contribution in [0.15, 0.2) is 59.6 Å². The highest BCUT2D eigenvalue weighted by atomic mass is 35.5. The average Bonchev–Trinajstić information content (AvgIpc) is 2.52. The molecule has 0 N–H and O–H groups in total. The summed E-state index contributed by atoms with van der Waals surface area (Å²) in [5.41, 5.74) is -0.983. The third-order valence-corrected chi connectivity index (χ3v) is 3.25. The maximum atomic E-state index is 13.5. The van der Waals surface area contributed by atoms with Crippen molar-refractivity contribution in [3.8, 4) is 0 Å². The van der Waals surface area contributed by atoms with Crippen LogP contribution >= 0.6 is 11.6 Å². The molecule has 0 aliphatic rings. The van der Waals surface area contributed by atoms with Crippen molar-refractivity contribution >= 4 is 29.0 Å². The molecule has 2 aromatic rings. The Morgan fingerprint density at radius 3 is 2.17 bits per heavy atom. The molecule has 1 unspecified atom stereocenters. The van der Waals surface area contributed by atoms with Gasteiger partial charge in [0, 0.05) is 11.9 Å². The van der Waals surface area contributed by atoms with Gasteiger partial charge < -0.3 is 4.74 Å². The summed E-state index contributed by atoms with van der Waals surface area (Å²) in [5, 5.41) is 0.377. The second-order valence-corrected chi connectivity index (χ2v) is 5.31. The summed E-state index contributed by atoms with van der Waals surface area (Å²) >= 11 is 5.73. The van der Waals surface area contributed by atoms with Crippen molar-refractivity contribution in [2.75, 3.05) is 0 Å². The monoisotopic (exact) mass is 355 g/mol. The fourth-order valence-electron chi connectivity index (χ4n) is 2.00. The minimum absolute atomic E-state index is 0.0554. The first-order valence-electron chi connectivity index (χ1n) is 6.91. The smallest absolute Gasteiger partial charge is 0.433 e. The van der Waals surface area contributed by atoms with Gasteiger partial charge in [-0.05, 0) is 29.8 Å². The van der Waals surface area contributed by atoms with Crippen LogP contribution in [0.5, 0.6) is 0 Å². The number of carbonyl (C=O) groups excluding carboxylic acids is 1. The largest absolute Gasteiger partial charge is 0.451 e. The van der Waals surface area contributed by atoms with Crippen molar-refractivity contribution in [2.45, 2.75) is 19.2 Å². The van der Waals surface area contributed by atoms with E-state index in [4.69, 9.17) is 16.3 Å². The molecule has 2 rings (SSSR count). The highest BCUT2D eigenvalue weighted by molar-refractivity contribution is 6.30. The number of benzene rings is 2. The van der Waals surface area contributed by atoms with Gasteiger partial charge in [0.1, 0.15) is 0 Å². The summed E-state index contributed by atoms with van der Waals surface area (Å²) in [7, 11) is 0. The highest BCUT2D eigenvalue weighted by Crippen LogP contribution is 2.32. The van der Waals surface area contributed by atoms with Crippen LogP contribution in [0.3, 0.4) is 0 Å². The van der Waals surface area contributed by atoms with E-state index >= 15 is 0 Å². The molecule has 0 aromatic heterocycles. The van der Waals surface area contributed by atoms with Gasteiger partial charge in [-0.25, -0.2) is 4.99 Å². The predicted octanol–water partition coefficient (Wildman–Crippen LogP) is 5.28. The number of ether oxygens (including phenoxy) is 1. The molecule has 0 bridgehead atoms. The van der Waals surface area contributed by atoms with Crippen LogP contribution in [0.1, 0.15) is 18.6 Å². The summed E-state index contributed by atoms with van der Waals surface area (Å²) in [6.45, 7) is 1.05. The molecule has 0 heterocycles. The van der Waals surface area contributed by atoms with Crippen molar-refractivity contribution in [3.63, 3.8) is 0 Å². The lowest BCUT2D eigenvalue weighted by Gasteiger charge is -2.21. The number of esters is 1. The molecule has 0 saturated heterocycles. The normalized spacial score (nSPS) is 13.5. The Balaban J connectivity index is 2.54. The molecule has 2 aromatic carbocycles. The zero-order valence-electron chi connectivity index (χ0n) is 12.5. The highest BCUT2D eigenvalue weighted by Gasteiger charge is 2.43. The topological polar surface area (TPSA) is 38.7 Å². The van der Waals surface area contributed by atoms with Crippen LogP contribution < -0.4 is 0 Å². The molecule has 7 heteroatoms. The van der Waals surface area contributed by atoms with Crippen molar-refractivity contribution in [1.29, 1.82) is 0 Å². The van der Waals surface area contributed by atoms with Crippen molar-refractivity contribution in [3.05, 3.63) is 65.2 Å². The number of carbonyl (C=O) groups is 1. The number of alkyl halides is 3. The van der Waals surface area contributed by atoms with Crippen LogP contribution in [0.2, 0.25) is 5.02 Å². The third kappa shape index (κ3) is 4.83. The molecule has 3 nitrogen and oxygen atoms in total. The van der Waals surface area contributed by atoms with Crippen molar-refractivity contribution < 1.29 is 22.7 Å². The summed E-state index contributed by atoms with van der Waals surface area (Å²) in [6.07, 6.45) is -6.44. The van der Waals surface area contributed by atoms with Gasteiger partial charge in [0.2, 0.25) is 0 Å². The van der Waals surface area contributed by atoms with Gasteiger partial charge in [-0.2, -0.15) is 13.2 Å². The summed E-state index contributed by atoms with van der Waals surface area (Å²) < 4.78 is 45.5. The Kier molecular flexibility index (Phi) is 5.62. The van der Waals surface area contributed by atoms with Gasteiger partial charge in [0.25, 0.3) is 0 Å². The lowest BCUT2D eigenvalue weighted by molar-refractivity contribution is -0.145. The number of nitrogens with zero attached hydrogens (tertiary/aromatic N) is 1. The first-order valence-corrected chi connectivity index (χ1v) is 7.28. The molecule has 0 amide bonds. The van der Waals surface area contributed by atoms with E-state index in [0.29, 0.717) is 5.02 Å². The maximum Gasteiger partial charge on any atom is 0.433 e. The van der Waals surface area contributed by atoms with Crippen LogP contribution in [0, 0.1) is 0 Å². The number of hydrogen-bond acceptors (Lipinski definition) is 3. The number of halogens is 4. The molecular formula is C17H13ClF3NO2. The van der Waals surface area contributed by atoms with Gasteiger partial charge in [-0.1, -0.05) is 41.9 Å². The fourth-order valence-corrected chi connectivity index (χ4v) is 2.13. The third-order valence-electron chi connectivity index (χ3n) is 3.00. The molecule has 0 aliphatic heterocycles. The summed E-state index contributed by atoms with van der Waals surface area (Å²) in [4.78, 5) is 15.0. The zero-order valence-corrected chi connectivity index (χ0v) is 13.3. The molecule has 24 heavy (non-hydrogen) atoms. The molecule has 1 atom stereocenters. The van der Waals surface area contributed by atoms with E-state index in [2.05, 4.69) is 4.99 Å². The Labute approximate surface area is 141 Å². The summed E-state index contributed by atoms with van der Waals surface area (Å²) in [6, 6.07) is 13.2. The van der Waals surface area contributed by atoms with Gasteiger partial charge in [0.15, 0.2) is 11.8 Å². The van der Waals surface area contributed by atoms with Gasteiger partial charge >= 0.3 is 12.1 Å². The zero-order chi connectivity index (χ0) is 17.7. The quantitative estimate of drug-likeness (QED) is 0.553. The Bertz CT molecular complexity index is 728. The van der Waals surface area contributed by atoms with E-state index in [9.17, 15) is 18.0 Å². The van der Waals surface area contributed by atoms with Gasteiger partial charge in [-0.3, -0.25) is 4.79 Å². The lowest BCUT2D eigenvalue weighted by atomic mass is 10.0. The van der Waals surface area contributed by atoms with E-state index in [-0.39, 0.29) is 11.3 Å². The average molecular weight is 356 g/mol. The van der Waals surface area contributed by atoms with Crippen LogP contribution in [-0.2, 0) is 9.53 Å². The van der Waals surface area contributed by atoms with E-state index in [1.165, 1.54) is 36.4 Å². The first kappa shape index (κ1) is 18.0. The number of hydrogen-bond donors (Lipinski definition) is 0. The van der Waals surface area contributed by atoms with Crippen molar-refractivity contribution in [2.24, 2.45) is 4.99 Å². The second kappa shape index (κ2) is 7.49. The van der Waals surface area contributed by atoms with Gasteiger partial charge in [0.05, 0.1) is 5.69 Å². The molecule has 0 radical (unpaired) electrons. The molecule has 0 spiro atoms. The SMILES string of the molecule is CC(=O)OC(C(=Nc1ccc(Cl)cc1)C(F)(F)F)c1ccccc1. The van der Waals surface area contributed by atoms with E-state index in [0.717, 1.165) is 6.92 Å². The first-order chi connectivity index (χ1) is 11.3. The van der Waals surface area contributed by atoms with Gasteiger partial charge in [-0.15, -0.1) is 0 Å². The van der Waals surface area contributed by atoms with Crippen LogP contribution in [0.4, 0.5) is 18.9 Å². The molecule has 0 saturated carbocycles. The van der Waals surface area contributed by atoms with Crippen LogP contribution in [-0.4, -0.2) is 17.9 Å². The predicted molar refractivity (Wildman–Crippen MR) is 85.6 cm³/mol. The van der Waals surface area contributed by atoms with E-state index in [1.807, 2.05) is 0 Å². The second-order valence-electron chi connectivity index (χ2n) is 4.87. The summed E-state index contributed by atoms with van der Waals surface area (Å²) in [5.74, 6) is -0.836. The lowest BCUT2D eigenvalue weighted by Crippen LogP contribution is -2.32. The minimum atomic E-state index is -4.78. The Morgan fingerprint density at radius 1 is 1.08 bits per heavy atom. The Morgan fingerprint density at radius 2 is 1.67 bits per heavy atom. The maximum absolute atomic E-state index is 13.5.